The topological polar surface area (TPSA) is 62.1 Å². The van der Waals surface area contributed by atoms with Crippen LogP contribution in [0.25, 0.3) is 0 Å². The van der Waals surface area contributed by atoms with Crippen molar-refractivity contribution in [3.05, 3.63) is 17.0 Å². The van der Waals surface area contributed by atoms with Crippen molar-refractivity contribution in [3.63, 3.8) is 0 Å². The van der Waals surface area contributed by atoms with Gasteiger partial charge in [0.25, 0.3) is 0 Å². The number of hydrogen-bond donors (Lipinski definition) is 1. The molecule has 1 aromatic rings. The first kappa shape index (κ1) is 12.9. The van der Waals surface area contributed by atoms with Crippen molar-refractivity contribution >= 4 is 28.5 Å². The molecule has 18 heavy (non-hydrogen) atoms. The second-order valence-corrected chi connectivity index (χ2v) is 5.22. The minimum absolute atomic E-state index is 0.402. The number of piperidine rings is 1. The summed E-state index contributed by atoms with van der Waals surface area (Å²) < 4.78 is 0. The first-order valence-corrected chi connectivity index (χ1v) is 6.79. The van der Waals surface area contributed by atoms with Crippen molar-refractivity contribution < 1.29 is 14.7 Å². The van der Waals surface area contributed by atoms with Gasteiger partial charge in [-0.05, 0) is 31.4 Å². The van der Waals surface area contributed by atoms with Gasteiger partial charge in [0, 0.05) is 13.1 Å². The Balaban J connectivity index is 1.87. The van der Waals surface area contributed by atoms with Gasteiger partial charge < -0.3 is 14.8 Å². The Morgan fingerprint density at radius 1 is 1.44 bits per heavy atom. The van der Waals surface area contributed by atoms with Gasteiger partial charge in [-0.1, -0.05) is 5.16 Å². The van der Waals surface area contributed by atoms with E-state index >= 15 is 0 Å². The van der Waals surface area contributed by atoms with Crippen molar-refractivity contribution in [1.29, 1.82) is 0 Å². The van der Waals surface area contributed by atoms with Crippen LogP contribution in [-0.4, -0.2) is 37.0 Å². The van der Waals surface area contributed by atoms with Crippen molar-refractivity contribution in [1.82, 2.24) is 0 Å². The Labute approximate surface area is 110 Å². The normalized spacial score (nSPS) is 16.1. The molecule has 0 saturated carbocycles. The molecular formula is C12H16N2O3S. The van der Waals surface area contributed by atoms with E-state index in [1.807, 2.05) is 6.07 Å². The quantitative estimate of drug-likeness (QED) is 0.656. The van der Waals surface area contributed by atoms with Crippen LogP contribution in [0.2, 0.25) is 0 Å². The molecular weight excluding hydrogens is 252 g/mol. The molecule has 1 N–H and O–H groups in total. The van der Waals surface area contributed by atoms with Crippen molar-refractivity contribution in [2.45, 2.75) is 19.3 Å². The second-order valence-electron chi connectivity index (χ2n) is 4.13. The highest BCUT2D eigenvalue weighted by Crippen LogP contribution is 2.27. The van der Waals surface area contributed by atoms with Gasteiger partial charge >= 0.3 is 5.97 Å². The summed E-state index contributed by atoms with van der Waals surface area (Å²) in [6.45, 7) is 1.83. The Morgan fingerprint density at radius 3 is 2.94 bits per heavy atom. The first-order chi connectivity index (χ1) is 8.75. The number of oxime groups is 1. The van der Waals surface area contributed by atoms with Crippen LogP contribution in [0.15, 0.2) is 17.3 Å². The highest BCUT2D eigenvalue weighted by Gasteiger charge is 2.12. The van der Waals surface area contributed by atoms with E-state index in [9.17, 15) is 4.79 Å². The fraction of sp³-hybridized carbons (Fsp3) is 0.500. The zero-order valence-corrected chi connectivity index (χ0v) is 10.9. The van der Waals surface area contributed by atoms with Crippen LogP contribution in [0.4, 0.5) is 5.00 Å². The van der Waals surface area contributed by atoms with Crippen LogP contribution in [0.5, 0.6) is 0 Å². The van der Waals surface area contributed by atoms with E-state index in [0.717, 1.165) is 18.0 Å². The standard InChI is InChI=1S/C12H16N2O3S/c15-12(16)9-17-13-8-10-4-5-11(18-10)14-6-2-1-3-7-14/h4-5,8H,1-3,6-7,9H2,(H,15,16). The van der Waals surface area contributed by atoms with Gasteiger partial charge in [-0.3, -0.25) is 0 Å². The van der Waals surface area contributed by atoms with E-state index in [1.165, 1.54) is 24.3 Å². The minimum atomic E-state index is -1.02. The summed E-state index contributed by atoms with van der Waals surface area (Å²) in [5.41, 5.74) is 0. The molecule has 0 aromatic carbocycles. The molecule has 5 nitrogen and oxygen atoms in total. The van der Waals surface area contributed by atoms with Gasteiger partial charge in [-0.15, -0.1) is 11.3 Å². The lowest BCUT2D eigenvalue weighted by Crippen LogP contribution is -2.28. The lowest BCUT2D eigenvalue weighted by Gasteiger charge is -2.27. The molecule has 0 aliphatic carbocycles. The molecule has 2 rings (SSSR count). The molecule has 1 aliphatic rings. The van der Waals surface area contributed by atoms with Gasteiger partial charge in [0.1, 0.15) is 0 Å². The van der Waals surface area contributed by atoms with E-state index in [2.05, 4.69) is 21.0 Å². The summed E-state index contributed by atoms with van der Waals surface area (Å²) in [7, 11) is 0. The van der Waals surface area contributed by atoms with Gasteiger partial charge in [-0.2, -0.15) is 0 Å². The highest BCUT2D eigenvalue weighted by molar-refractivity contribution is 7.17. The van der Waals surface area contributed by atoms with Gasteiger partial charge in [0.05, 0.1) is 16.1 Å². The molecule has 0 spiro atoms. The van der Waals surface area contributed by atoms with Crippen LogP contribution in [0.3, 0.4) is 0 Å². The third-order valence-electron chi connectivity index (χ3n) is 2.72. The van der Waals surface area contributed by atoms with Gasteiger partial charge in [0.2, 0.25) is 6.61 Å². The SMILES string of the molecule is O=C(O)CON=Cc1ccc(N2CCCCC2)s1. The summed E-state index contributed by atoms with van der Waals surface area (Å²) in [5, 5.41) is 13.3. The fourth-order valence-electron chi connectivity index (χ4n) is 1.88. The largest absolute Gasteiger partial charge is 0.479 e. The minimum Gasteiger partial charge on any atom is -0.479 e. The van der Waals surface area contributed by atoms with Crippen LogP contribution in [0, 0.1) is 0 Å². The maximum absolute atomic E-state index is 10.2. The molecule has 0 radical (unpaired) electrons. The molecule has 2 heterocycles. The lowest BCUT2D eigenvalue weighted by molar-refractivity contribution is -0.142. The van der Waals surface area contributed by atoms with Crippen LogP contribution in [-0.2, 0) is 9.63 Å². The molecule has 0 unspecified atom stereocenters. The predicted octanol–water partition coefficient (Wildman–Crippen LogP) is 2.17. The number of carbonyl (C=O) groups is 1. The predicted molar refractivity (Wildman–Crippen MR) is 71.6 cm³/mol. The van der Waals surface area contributed by atoms with E-state index in [0.29, 0.717) is 0 Å². The third kappa shape index (κ3) is 3.73. The monoisotopic (exact) mass is 268 g/mol. The summed E-state index contributed by atoms with van der Waals surface area (Å²) >= 11 is 1.65. The maximum atomic E-state index is 10.2. The summed E-state index contributed by atoms with van der Waals surface area (Å²) in [4.78, 5) is 18.2. The molecule has 1 aromatic heterocycles. The summed E-state index contributed by atoms with van der Waals surface area (Å²) in [6.07, 6.45) is 5.38. The number of rotatable bonds is 5. The van der Waals surface area contributed by atoms with Crippen LogP contribution >= 0.6 is 11.3 Å². The average molecular weight is 268 g/mol. The van der Waals surface area contributed by atoms with Gasteiger partial charge in [0.15, 0.2) is 0 Å². The van der Waals surface area contributed by atoms with Crippen LogP contribution in [0.1, 0.15) is 24.1 Å². The molecule has 6 heteroatoms. The van der Waals surface area contributed by atoms with Crippen LogP contribution < -0.4 is 4.90 Å². The fourth-order valence-corrected chi connectivity index (χ4v) is 2.80. The number of thiophene rings is 1. The molecule has 1 saturated heterocycles. The number of anilines is 1. The Bertz CT molecular complexity index is 425. The highest BCUT2D eigenvalue weighted by atomic mass is 32.1. The Kier molecular flexibility index (Phi) is 4.58. The smallest absolute Gasteiger partial charge is 0.344 e. The second kappa shape index (κ2) is 6.39. The molecule has 1 fully saturated rings. The van der Waals surface area contributed by atoms with Crippen molar-refractivity contribution in [2.24, 2.45) is 5.16 Å². The number of aliphatic carboxylic acids is 1. The number of carboxylic acids is 1. The van der Waals surface area contributed by atoms with Crippen molar-refractivity contribution in [2.75, 3.05) is 24.6 Å². The van der Waals surface area contributed by atoms with E-state index in [-0.39, 0.29) is 0 Å². The number of hydrogen-bond acceptors (Lipinski definition) is 5. The number of carboxylic acid groups (broad SMARTS) is 1. The number of nitrogens with zero attached hydrogens (tertiary/aromatic N) is 2. The first-order valence-electron chi connectivity index (χ1n) is 5.97. The summed E-state index contributed by atoms with van der Waals surface area (Å²) in [6, 6.07) is 4.05. The van der Waals surface area contributed by atoms with E-state index in [4.69, 9.17) is 5.11 Å². The average Bonchev–Trinajstić information content (AvgIpc) is 2.84. The Hall–Kier alpha value is -1.56. The third-order valence-corrected chi connectivity index (χ3v) is 3.80. The molecule has 1 aliphatic heterocycles. The molecule has 98 valence electrons. The molecule has 0 bridgehead atoms. The zero-order valence-electron chi connectivity index (χ0n) is 10.0. The van der Waals surface area contributed by atoms with Gasteiger partial charge in [-0.25, -0.2) is 4.79 Å². The molecule has 0 amide bonds. The van der Waals surface area contributed by atoms with E-state index < -0.39 is 12.6 Å². The summed E-state index contributed by atoms with van der Waals surface area (Å²) in [5.74, 6) is -1.02. The molecule has 0 atom stereocenters. The maximum Gasteiger partial charge on any atom is 0.344 e. The van der Waals surface area contributed by atoms with Crippen molar-refractivity contribution in [3.8, 4) is 0 Å². The zero-order chi connectivity index (χ0) is 12.8. The Morgan fingerprint density at radius 2 is 2.22 bits per heavy atom. The lowest BCUT2D eigenvalue weighted by atomic mass is 10.1. The van der Waals surface area contributed by atoms with E-state index in [1.54, 1.807) is 17.6 Å².